The van der Waals surface area contributed by atoms with Crippen LogP contribution >= 0.6 is 37.2 Å². The maximum absolute atomic E-state index is 12.7. The molecule has 0 amide bonds. The molecule has 200 valence electrons. The van der Waals surface area contributed by atoms with Crippen molar-refractivity contribution in [3.8, 4) is 28.6 Å². The fourth-order valence-corrected chi connectivity index (χ4v) is 4.14. The molecule has 1 aliphatic rings. The van der Waals surface area contributed by atoms with Crippen molar-refractivity contribution in [1.82, 2.24) is 14.7 Å². The van der Waals surface area contributed by atoms with Gasteiger partial charge in [0.05, 0.1) is 12.5 Å². The Bertz CT molecular complexity index is 1180. The first-order valence-electron chi connectivity index (χ1n) is 11.1. The average Bonchev–Trinajstić information content (AvgIpc) is 2.81. The third-order valence-corrected chi connectivity index (χ3v) is 6.24. The molecule has 1 saturated heterocycles. The molecule has 1 fully saturated rings. The summed E-state index contributed by atoms with van der Waals surface area (Å²) in [5, 5.41) is 20.7. The Morgan fingerprint density at radius 3 is 2.25 bits per heavy atom. The molecule has 4 rings (SSSR count). The summed E-state index contributed by atoms with van der Waals surface area (Å²) in [7, 11) is 5.66. The lowest BCUT2D eigenvalue weighted by Gasteiger charge is -2.33. The summed E-state index contributed by atoms with van der Waals surface area (Å²) < 4.78 is 11.0. The predicted octanol–water partition coefficient (Wildman–Crippen LogP) is 3.82. The van der Waals surface area contributed by atoms with Gasteiger partial charge in [0, 0.05) is 51.4 Å². The van der Waals surface area contributed by atoms with Gasteiger partial charge in [-0.2, -0.15) is 0 Å². The van der Waals surface area contributed by atoms with E-state index in [1.807, 2.05) is 24.3 Å². The summed E-state index contributed by atoms with van der Waals surface area (Å²) in [5.74, 6) is -0.497. The van der Waals surface area contributed by atoms with Crippen LogP contribution in [-0.2, 0) is 6.54 Å². The quantitative estimate of drug-likeness (QED) is 0.449. The zero-order valence-corrected chi connectivity index (χ0v) is 23.0. The number of hydrogen-bond donors (Lipinski definition) is 2. The molecule has 2 N–H and O–H groups in total. The van der Waals surface area contributed by atoms with Crippen LogP contribution < -0.4 is 10.2 Å². The minimum atomic E-state index is -0.572. The molecule has 2 heterocycles. The van der Waals surface area contributed by atoms with Gasteiger partial charge >= 0.3 is 0 Å². The molecule has 8 nitrogen and oxygen atoms in total. The van der Waals surface area contributed by atoms with Gasteiger partial charge < -0.3 is 29.2 Å². The van der Waals surface area contributed by atoms with Crippen LogP contribution in [0.2, 0.25) is 0 Å². The van der Waals surface area contributed by atoms with Crippen LogP contribution in [0.15, 0.2) is 45.6 Å². The van der Waals surface area contributed by atoms with E-state index >= 15 is 0 Å². The van der Waals surface area contributed by atoms with Crippen molar-refractivity contribution in [1.29, 1.82) is 0 Å². The lowest BCUT2D eigenvalue weighted by Crippen LogP contribution is -2.46. The van der Waals surface area contributed by atoms with Crippen molar-refractivity contribution < 1.29 is 19.4 Å². The van der Waals surface area contributed by atoms with Gasteiger partial charge in [0.15, 0.2) is 17.1 Å². The number of rotatable bonds is 7. The van der Waals surface area contributed by atoms with Crippen LogP contribution in [-0.4, -0.2) is 85.4 Å². The Kier molecular flexibility index (Phi) is 12.3. The largest absolute Gasteiger partial charge is 0.504 e. The van der Waals surface area contributed by atoms with Crippen molar-refractivity contribution in [2.45, 2.75) is 6.54 Å². The SMILES string of the molecule is COc1c(O)ccc2c(=O)c(O)c(-c3ccc(CN(C)CCN4CCN(C)CC4)cc3)oc12.Cl.Cl.Cl. The topological polar surface area (TPSA) is 89.6 Å². The minimum Gasteiger partial charge on any atom is -0.504 e. The molecule has 0 radical (unpaired) electrons. The van der Waals surface area contributed by atoms with Gasteiger partial charge in [-0.3, -0.25) is 9.69 Å². The van der Waals surface area contributed by atoms with Gasteiger partial charge in [0.1, 0.15) is 0 Å². The first kappa shape index (κ1) is 31.8. The van der Waals surface area contributed by atoms with E-state index in [0.717, 1.165) is 51.4 Å². The number of phenolic OH excluding ortho intramolecular Hbond substituents is 1. The third kappa shape index (κ3) is 6.97. The normalized spacial score (nSPS) is 14.1. The number of phenols is 1. The number of piperazine rings is 1. The van der Waals surface area contributed by atoms with Crippen LogP contribution in [0.25, 0.3) is 22.3 Å². The molecule has 11 heteroatoms. The van der Waals surface area contributed by atoms with E-state index in [9.17, 15) is 15.0 Å². The van der Waals surface area contributed by atoms with Crippen LogP contribution in [0.5, 0.6) is 17.2 Å². The maximum Gasteiger partial charge on any atom is 0.235 e. The molecule has 0 spiro atoms. The number of halogens is 3. The Morgan fingerprint density at radius 2 is 1.64 bits per heavy atom. The Hall–Kier alpha value is -2.20. The van der Waals surface area contributed by atoms with Crippen LogP contribution in [0.3, 0.4) is 0 Å². The molecule has 0 saturated carbocycles. The fraction of sp³-hybridized carbons (Fsp3) is 0.400. The highest BCUT2D eigenvalue weighted by atomic mass is 35.5. The molecule has 0 aliphatic carbocycles. The highest BCUT2D eigenvalue weighted by Crippen LogP contribution is 2.38. The smallest absolute Gasteiger partial charge is 0.235 e. The second kappa shape index (κ2) is 13.9. The molecular formula is C25H34Cl3N3O5. The van der Waals surface area contributed by atoms with E-state index in [2.05, 4.69) is 28.8 Å². The summed E-state index contributed by atoms with van der Waals surface area (Å²) in [6.07, 6.45) is 0. The van der Waals surface area contributed by atoms with Crippen molar-refractivity contribution in [2.75, 3.05) is 60.5 Å². The molecule has 1 aromatic heterocycles. The summed E-state index contributed by atoms with van der Waals surface area (Å²) in [5.41, 5.74) is 1.22. The zero-order chi connectivity index (χ0) is 23.5. The third-order valence-electron chi connectivity index (χ3n) is 6.24. The molecular weight excluding hydrogens is 529 g/mol. The highest BCUT2D eigenvalue weighted by molar-refractivity contribution is 5.88. The molecule has 1 aliphatic heterocycles. The summed E-state index contributed by atoms with van der Waals surface area (Å²) >= 11 is 0. The monoisotopic (exact) mass is 561 g/mol. The van der Waals surface area contributed by atoms with E-state index in [1.54, 1.807) is 0 Å². The van der Waals surface area contributed by atoms with Gasteiger partial charge in [0.25, 0.3) is 0 Å². The average molecular weight is 563 g/mol. The number of aromatic hydroxyl groups is 2. The lowest BCUT2D eigenvalue weighted by atomic mass is 10.1. The molecule has 3 aromatic rings. The number of ether oxygens (including phenoxy) is 1. The highest BCUT2D eigenvalue weighted by Gasteiger charge is 2.20. The number of nitrogens with zero attached hydrogens (tertiary/aromatic N) is 3. The van der Waals surface area contributed by atoms with Crippen LogP contribution in [0.4, 0.5) is 0 Å². The minimum absolute atomic E-state index is 0. The second-order valence-electron chi connectivity index (χ2n) is 8.68. The van der Waals surface area contributed by atoms with E-state index in [0.29, 0.717) is 5.56 Å². The molecule has 0 atom stereocenters. The van der Waals surface area contributed by atoms with Crippen molar-refractivity contribution in [3.05, 3.63) is 52.2 Å². The van der Waals surface area contributed by atoms with E-state index in [4.69, 9.17) is 9.15 Å². The standard InChI is InChI=1S/C25H31N3O5.3ClH/c1-26-10-13-28(14-11-26)15-12-27(2)16-17-4-6-18(7-5-17)23-22(31)21(30)19-8-9-20(29)25(32-3)24(19)33-23;;;/h4-9,29,31H,10-16H2,1-3H3;3*1H. The Balaban J connectivity index is 0.00000216. The summed E-state index contributed by atoms with van der Waals surface area (Å²) in [6.45, 7) is 7.29. The second-order valence-corrected chi connectivity index (χ2v) is 8.68. The number of fused-ring (bicyclic) bond motifs is 1. The zero-order valence-electron chi connectivity index (χ0n) is 20.6. The Morgan fingerprint density at radius 1 is 1.00 bits per heavy atom. The van der Waals surface area contributed by atoms with Crippen molar-refractivity contribution in [3.63, 3.8) is 0 Å². The summed E-state index contributed by atoms with van der Waals surface area (Å²) in [6, 6.07) is 10.3. The van der Waals surface area contributed by atoms with Gasteiger partial charge in [-0.25, -0.2) is 0 Å². The lowest BCUT2D eigenvalue weighted by molar-refractivity contribution is 0.139. The number of methoxy groups -OCH3 is 1. The Labute approximate surface area is 229 Å². The maximum atomic E-state index is 12.7. The van der Waals surface area contributed by atoms with Gasteiger partial charge in [-0.1, -0.05) is 24.3 Å². The number of likely N-dealkylation sites (N-methyl/N-ethyl adjacent to an activating group) is 2. The summed E-state index contributed by atoms with van der Waals surface area (Å²) in [4.78, 5) is 19.8. The van der Waals surface area contributed by atoms with E-state index < -0.39 is 11.2 Å². The number of benzene rings is 2. The van der Waals surface area contributed by atoms with Crippen LogP contribution in [0.1, 0.15) is 5.56 Å². The fourth-order valence-electron chi connectivity index (χ4n) is 4.14. The van der Waals surface area contributed by atoms with E-state index in [1.165, 1.54) is 19.2 Å². The first-order valence-corrected chi connectivity index (χ1v) is 11.1. The van der Waals surface area contributed by atoms with Crippen molar-refractivity contribution >= 4 is 48.2 Å². The number of hydrogen-bond acceptors (Lipinski definition) is 8. The van der Waals surface area contributed by atoms with Gasteiger partial charge in [-0.15, -0.1) is 37.2 Å². The molecule has 0 unspecified atom stereocenters. The molecule has 36 heavy (non-hydrogen) atoms. The van der Waals surface area contributed by atoms with Crippen LogP contribution in [0, 0.1) is 0 Å². The molecule has 2 aromatic carbocycles. The van der Waals surface area contributed by atoms with Crippen molar-refractivity contribution in [2.24, 2.45) is 0 Å². The predicted molar refractivity (Wildman–Crippen MR) is 150 cm³/mol. The molecule has 0 bridgehead atoms. The van der Waals surface area contributed by atoms with E-state index in [-0.39, 0.29) is 65.4 Å². The first-order chi connectivity index (χ1) is 15.9. The van der Waals surface area contributed by atoms with Gasteiger partial charge in [0.2, 0.25) is 16.9 Å². The van der Waals surface area contributed by atoms with Gasteiger partial charge in [-0.05, 0) is 31.8 Å².